The maximum absolute atomic E-state index is 12.8. The van der Waals surface area contributed by atoms with Crippen molar-refractivity contribution in [3.05, 3.63) is 36.2 Å². The number of benzene rings is 1. The minimum atomic E-state index is -0.789. The lowest BCUT2D eigenvalue weighted by Gasteiger charge is -2.05. The topological polar surface area (TPSA) is 83.0 Å². The normalized spacial score (nSPS) is 10.3. The van der Waals surface area contributed by atoms with Crippen molar-refractivity contribution in [1.29, 1.82) is 0 Å². The molecular weight excluding hydrogens is 246 g/mol. The zero-order chi connectivity index (χ0) is 13.1. The summed E-state index contributed by atoms with van der Waals surface area (Å²) in [6.45, 7) is -0.439. The predicted molar refractivity (Wildman–Crippen MR) is 56.9 cm³/mol. The molecule has 0 unspecified atom stereocenters. The van der Waals surface area contributed by atoms with Crippen LogP contribution in [0.1, 0.15) is 4.79 Å². The molecule has 0 atom stereocenters. The minimum absolute atomic E-state index is 0.0554. The van der Waals surface area contributed by atoms with Crippen LogP contribution in [0.4, 0.5) is 14.7 Å². The Bertz CT molecular complexity index is 565. The summed E-state index contributed by atoms with van der Waals surface area (Å²) in [5, 5.41) is 3.56. The molecule has 94 valence electrons. The van der Waals surface area contributed by atoms with Crippen molar-refractivity contribution in [3.63, 3.8) is 0 Å². The van der Waals surface area contributed by atoms with Crippen molar-refractivity contribution in [2.75, 3.05) is 12.3 Å². The summed E-state index contributed by atoms with van der Waals surface area (Å²) in [5.74, 6) is -2.29. The first-order valence-corrected chi connectivity index (χ1v) is 4.84. The van der Waals surface area contributed by atoms with Gasteiger partial charge in [0.1, 0.15) is 23.7 Å². The summed E-state index contributed by atoms with van der Waals surface area (Å²) in [7, 11) is 0. The number of hydrogen-bond donors (Lipinski definition) is 1. The van der Waals surface area contributed by atoms with Gasteiger partial charge in [-0.05, 0) is 0 Å². The van der Waals surface area contributed by atoms with Gasteiger partial charge < -0.3 is 10.5 Å². The Morgan fingerprint density at radius 2 is 2.00 bits per heavy atom. The Morgan fingerprint density at radius 1 is 1.33 bits per heavy atom. The van der Waals surface area contributed by atoms with Crippen LogP contribution >= 0.6 is 0 Å². The molecule has 0 spiro atoms. The molecule has 0 radical (unpaired) electrons. The second-order valence-corrected chi connectivity index (χ2v) is 3.33. The number of carbonyl (C=O) groups is 1. The molecule has 1 heterocycles. The van der Waals surface area contributed by atoms with Gasteiger partial charge in [-0.15, -0.1) is 5.10 Å². The Balaban J connectivity index is 2.01. The van der Waals surface area contributed by atoms with E-state index in [9.17, 15) is 13.6 Å². The van der Waals surface area contributed by atoms with E-state index in [1.54, 1.807) is 0 Å². The molecule has 6 nitrogen and oxygen atoms in total. The van der Waals surface area contributed by atoms with Gasteiger partial charge in [0.25, 0.3) is 5.91 Å². The monoisotopic (exact) mass is 254 g/mol. The van der Waals surface area contributed by atoms with Gasteiger partial charge in [-0.2, -0.15) is 4.68 Å². The van der Waals surface area contributed by atoms with Gasteiger partial charge in [-0.1, -0.05) is 0 Å². The quantitative estimate of drug-likeness (QED) is 0.878. The lowest BCUT2D eigenvalue weighted by molar-refractivity contribution is 0.0820. The molecule has 0 amide bonds. The fourth-order valence-corrected chi connectivity index (χ4v) is 1.22. The van der Waals surface area contributed by atoms with Crippen LogP contribution in [-0.2, 0) is 0 Å². The highest BCUT2D eigenvalue weighted by Gasteiger charge is 2.09. The lowest BCUT2D eigenvalue weighted by atomic mass is 10.3. The second kappa shape index (κ2) is 4.78. The van der Waals surface area contributed by atoms with Gasteiger partial charge in [0.2, 0.25) is 5.95 Å². The van der Waals surface area contributed by atoms with E-state index in [-0.39, 0.29) is 11.7 Å². The summed E-state index contributed by atoms with van der Waals surface area (Å²) >= 11 is 0. The SMILES string of the molecule is Nc1ncn(C(=O)COc2cc(F)cc(F)c2)n1. The fraction of sp³-hybridized carbons (Fsp3) is 0.100. The average Bonchev–Trinajstić information content (AvgIpc) is 2.71. The van der Waals surface area contributed by atoms with Crippen LogP contribution in [0.15, 0.2) is 24.5 Å². The molecule has 0 bridgehead atoms. The van der Waals surface area contributed by atoms with Crippen molar-refractivity contribution in [3.8, 4) is 5.75 Å². The molecule has 1 aromatic heterocycles. The van der Waals surface area contributed by atoms with Crippen molar-refractivity contribution in [2.24, 2.45) is 0 Å². The van der Waals surface area contributed by atoms with E-state index in [4.69, 9.17) is 10.5 Å². The van der Waals surface area contributed by atoms with Gasteiger partial charge >= 0.3 is 0 Å². The Labute approximate surface area is 100.0 Å². The van der Waals surface area contributed by atoms with Crippen LogP contribution in [0.2, 0.25) is 0 Å². The number of ether oxygens (including phenoxy) is 1. The first-order valence-electron chi connectivity index (χ1n) is 4.84. The second-order valence-electron chi connectivity index (χ2n) is 3.33. The van der Waals surface area contributed by atoms with Gasteiger partial charge in [0.05, 0.1) is 0 Å². The average molecular weight is 254 g/mol. The van der Waals surface area contributed by atoms with Crippen molar-refractivity contribution < 1.29 is 18.3 Å². The zero-order valence-corrected chi connectivity index (χ0v) is 9.01. The molecule has 1 aromatic carbocycles. The number of nitrogen functional groups attached to an aromatic ring is 1. The molecule has 2 aromatic rings. The highest BCUT2D eigenvalue weighted by molar-refractivity contribution is 5.79. The van der Waals surface area contributed by atoms with Crippen molar-refractivity contribution >= 4 is 11.9 Å². The first-order chi connectivity index (χ1) is 8.54. The third-order valence-electron chi connectivity index (χ3n) is 1.96. The maximum Gasteiger partial charge on any atom is 0.286 e. The molecule has 8 heteroatoms. The highest BCUT2D eigenvalue weighted by Crippen LogP contribution is 2.15. The van der Waals surface area contributed by atoms with E-state index in [0.29, 0.717) is 6.07 Å². The number of anilines is 1. The predicted octanol–water partition coefficient (Wildman–Crippen LogP) is 0.858. The van der Waals surface area contributed by atoms with E-state index in [2.05, 4.69) is 10.1 Å². The highest BCUT2D eigenvalue weighted by atomic mass is 19.1. The smallest absolute Gasteiger partial charge is 0.286 e. The molecular formula is C10H8F2N4O2. The summed E-state index contributed by atoms with van der Waals surface area (Å²) in [4.78, 5) is 15.0. The number of nitrogens with two attached hydrogens (primary N) is 1. The third kappa shape index (κ3) is 2.78. The largest absolute Gasteiger partial charge is 0.483 e. The summed E-state index contributed by atoms with van der Waals surface area (Å²) in [6, 6.07) is 2.63. The number of hydrogen-bond acceptors (Lipinski definition) is 5. The number of rotatable bonds is 3. The van der Waals surface area contributed by atoms with E-state index in [0.717, 1.165) is 23.1 Å². The molecule has 0 aliphatic heterocycles. The summed E-state index contributed by atoms with van der Waals surface area (Å²) in [5.41, 5.74) is 5.23. The van der Waals surface area contributed by atoms with Gasteiger partial charge in [0.15, 0.2) is 6.61 Å². The number of nitrogens with zero attached hydrogens (tertiary/aromatic N) is 3. The molecule has 2 rings (SSSR count). The molecule has 0 saturated heterocycles. The number of carbonyl (C=O) groups excluding carboxylic acids is 1. The van der Waals surface area contributed by atoms with E-state index < -0.39 is 24.1 Å². The van der Waals surface area contributed by atoms with Crippen LogP contribution in [0, 0.1) is 11.6 Å². The van der Waals surface area contributed by atoms with Crippen LogP contribution in [0.3, 0.4) is 0 Å². The molecule has 0 aliphatic rings. The third-order valence-corrected chi connectivity index (χ3v) is 1.96. The summed E-state index contributed by atoms with van der Waals surface area (Å²) < 4.78 is 31.5. The van der Waals surface area contributed by atoms with Gasteiger partial charge in [-0.3, -0.25) is 4.79 Å². The Kier molecular flexibility index (Phi) is 3.18. The fourth-order valence-electron chi connectivity index (χ4n) is 1.22. The zero-order valence-electron chi connectivity index (χ0n) is 9.01. The minimum Gasteiger partial charge on any atom is -0.483 e. The van der Waals surface area contributed by atoms with Gasteiger partial charge in [0, 0.05) is 18.2 Å². The Morgan fingerprint density at radius 3 is 2.56 bits per heavy atom. The lowest BCUT2D eigenvalue weighted by Crippen LogP contribution is -2.20. The standard InChI is InChI=1S/C10H8F2N4O2/c11-6-1-7(12)3-8(2-6)18-4-9(17)16-5-14-10(13)15-16/h1-3,5H,4H2,(H2,13,15). The maximum atomic E-state index is 12.8. The Hall–Kier alpha value is -2.51. The van der Waals surface area contributed by atoms with Crippen LogP contribution < -0.4 is 10.5 Å². The van der Waals surface area contributed by atoms with Crippen molar-refractivity contribution in [1.82, 2.24) is 14.8 Å². The van der Waals surface area contributed by atoms with Crippen LogP contribution in [-0.4, -0.2) is 27.3 Å². The summed E-state index contributed by atoms with van der Waals surface area (Å²) in [6.07, 6.45) is 1.12. The molecule has 0 fully saturated rings. The molecule has 0 saturated carbocycles. The van der Waals surface area contributed by atoms with E-state index in [1.165, 1.54) is 0 Å². The molecule has 2 N–H and O–H groups in total. The molecule has 18 heavy (non-hydrogen) atoms. The van der Waals surface area contributed by atoms with Crippen LogP contribution in [0.5, 0.6) is 5.75 Å². The van der Waals surface area contributed by atoms with Crippen LogP contribution in [0.25, 0.3) is 0 Å². The first kappa shape index (κ1) is 12.0. The number of halogens is 2. The molecule has 0 aliphatic carbocycles. The van der Waals surface area contributed by atoms with Crippen molar-refractivity contribution in [2.45, 2.75) is 0 Å². The van der Waals surface area contributed by atoms with E-state index >= 15 is 0 Å². The number of aromatic nitrogens is 3. The van der Waals surface area contributed by atoms with E-state index in [1.807, 2.05) is 0 Å². The van der Waals surface area contributed by atoms with Gasteiger partial charge in [-0.25, -0.2) is 13.8 Å².